The van der Waals surface area contributed by atoms with Crippen molar-refractivity contribution >= 4 is 6.16 Å². The molecule has 0 saturated carbocycles. The Kier molecular flexibility index (Phi) is 21.4. The second-order valence-corrected chi connectivity index (χ2v) is 9.18. The van der Waals surface area contributed by atoms with Crippen molar-refractivity contribution in [1.82, 2.24) is 0 Å². The van der Waals surface area contributed by atoms with Gasteiger partial charge < -0.3 is 9.47 Å². The second-order valence-electron chi connectivity index (χ2n) is 9.18. The molecule has 29 heavy (non-hydrogen) atoms. The maximum absolute atomic E-state index is 11.5. The van der Waals surface area contributed by atoms with Crippen LogP contribution in [0.5, 0.6) is 0 Å². The number of hydrogen-bond acceptors (Lipinski definition) is 3. The first kappa shape index (κ1) is 28.3. The molecule has 3 heteroatoms. The Morgan fingerprint density at radius 2 is 0.931 bits per heavy atom. The Morgan fingerprint density at radius 3 is 1.28 bits per heavy atom. The molecule has 0 amide bonds. The van der Waals surface area contributed by atoms with Gasteiger partial charge in [-0.3, -0.25) is 0 Å². The van der Waals surface area contributed by atoms with Crippen molar-refractivity contribution in [2.75, 3.05) is 6.61 Å². The third-order valence-corrected chi connectivity index (χ3v) is 5.94. The van der Waals surface area contributed by atoms with E-state index in [2.05, 4.69) is 6.92 Å². The van der Waals surface area contributed by atoms with Crippen LogP contribution < -0.4 is 0 Å². The van der Waals surface area contributed by atoms with Crippen LogP contribution in [-0.2, 0) is 9.47 Å². The summed E-state index contributed by atoms with van der Waals surface area (Å²) in [6, 6.07) is 0. The van der Waals surface area contributed by atoms with Crippen molar-refractivity contribution in [3.05, 3.63) is 0 Å². The van der Waals surface area contributed by atoms with Crippen molar-refractivity contribution in [1.29, 1.82) is 0 Å². The Balaban J connectivity index is 3.14. The normalized spacial score (nSPS) is 12.3. The van der Waals surface area contributed by atoms with E-state index in [-0.39, 0.29) is 6.10 Å². The van der Waals surface area contributed by atoms with E-state index in [1.165, 1.54) is 103 Å². The second kappa shape index (κ2) is 22.0. The summed E-state index contributed by atoms with van der Waals surface area (Å²) in [6.07, 6.45) is 23.9. The first-order valence-corrected chi connectivity index (χ1v) is 12.9. The SMILES string of the molecule is CCCCCCCCCCCCCCCCCCCCOC(=O)OC(C)C(C)C. The summed E-state index contributed by atoms with van der Waals surface area (Å²) in [4.78, 5) is 11.5. The van der Waals surface area contributed by atoms with E-state index < -0.39 is 6.16 Å². The predicted molar refractivity (Wildman–Crippen MR) is 126 cm³/mol. The van der Waals surface area contributed by atoms with E-state index in [1.54, 1.807) is 0 Å². The van der Waals surface area contributed by atoms with Crippen LogP contribution in [0.2, 0.25) is 0 Å². The lowest BCUT2D eigenvalue weighted by Gasteiger charge is -2.16. The number of hydrogen-bond donors (Lipinski definition) is 0. The lowest BCUT2D eigenvalue weighted by atomic mass is 10.0. The van der Waals surface area contributed by atoms with Crippen LogP contribution in [0.4, 0.5) is 4.79 Å². The lowest BCUT2D eigenvalue weighted by Crippen LogP contribution is -2.21. The van der Waals surface area contributed by atoms with Crippen molar-refractivity contribution in [3.8, 4) is 0 Å². The number of carbonyl (C=O) groups excluding carboxylic acids is 1. The van der Waals surface area contributed by atoms with E-state index >= 15 is 0 Å². The van der Waals surface area contributed by atoms with Crippen molar-refractivity contribution < 1.29 is 14.3 Å². The number of rotatable bonds is 21. The molecule has 0 fully saturated rings. The van der Waals surface area contributed by atoms with Gasteiger partial charge in [0.15, 0.2) is 0 Å². The molecule has 0 bridgehead atoms. The van der Waals surface area contributed by atoms with Crippen LogP contribution in [0.25, 0.3) is 0 Å². The molecule has 0 aliphatic carbocycles. The Labute approximate surface area is 182 Å². The molecule has 0 aromatic heterocycles. The zero-order chi connectivity index (χ0) is 21.6. The molecular weight excluding hydrogens is 360 g/mol. The summed E-state index contributed by atoms with van der Waals surface area (Å²) in [5.41, 5.74) is 0. The molecule has 0 rings (SSSR count). The zero-order valence-electron chi connectivity index (χ0n) is 20.3. The molecule has 174 valence electrons. The molecule has 0 spiro atoms. The van der Waals surface area contributed by atoms with E-state index in [0.29, 0.717) is 12.5 Å². The number of ether oxygens (including phenoxy) is 2. The molecule has 0 aromatic rings. The van der Waals surface area contributed by atoms with Gasteiger partial charge in [-0.05, 0) is 19.3 Å². The fourth-order valence-electron chi connectivity index (χ4n) is 3.48. The van der Waals surface area contributed by atoms with Gasteiger partial charge in [-0.15, -0.1) is 0 Å². The molecule has 0 saturated heterocycles. The first-order chi connectivity index (χ1) is 14.1. The first-order valence-electron chi connectivity index (χ1n) is 12.9. The highest BCUT2D eigenvalue weighted by atomic mass is 16.7. The summed E-state index contributed by atoms with van der Waals surface area (Å²) < 4.78 is 10.3. The molecule has 3 nitrogen and oxygen atoms in total. The van der Waals surface area contributed by atoms with E-state index in [1.807, 2.05) is 20.8 Å². The molecule has 0 aliphatic heterocycles. The Morgan fingerprint density at radius 1 is 0.586 bits per heavy atom. The molecule has 0 N–H and O–H groups in total. The highest BCUT2D eigenvalue weighted by Gasteiger charge is 2.13. The van der Waals surface area contributed by atoms with Crippen molar-refractivity contribution in [2.45, 2.75) is 149 Å². The maximum Gasteiger partial charge on any atom is 0.508 e. The quantitative estimate of drug-likeness (QED) is 0.139. The largest absolute Gasteiger partial charge is 0.508 e. The summed E-state index contributed by atoms with van der Waals surface area (Å²) in [6.45, 7) is 8.75. The van der Waals surface area contributed by atoms with Crippen LogP contribution in [0.1, 0.15) is 143 Å². The average molecular weight is 413 g/mol. The van der Waals surface area contributed by atoms with E-state index in [9.17, 15) is 4.79 Å². The van der Waals surface area contributed by atoms with Crippen molar-refractivity contribution in [2.24, 2.45) is 5.92 Å². The minimum absolute atomic E-state index is 0.0807. The zero-order valence-corrected chi connectivity index (χ0v) is 20.3. The monoisotopic (exact) mass is 412 g/mol. The van der Waals surface area contributed by atoms with Crippen LogP contribution in [0.3, 0.4) is 0 Å². The summed E-state index contributed by atoms with van der Waals surface area (Å²) in [7, 11) is 0. The average Bonchev–Trinajstić information content (AvgIpc) is 2.69. The van der Waals surface area contributed by atoms with E-state index in [4.69, 9.17) is 9.47 Å². The van der Waals surface area contributed by atoms with Crippen LogP contribution in [-0.4, -0.2) is 18.9 Å². The smallest absolute Gasteiger partial charge is 0.434 e. The van der Waals surface area contributed by atoms with E-state index in [0.717, 1.165) is 12.8 Å². The fraction of sp³-hybridized carbons (Fsp3) is 0.962. The standard InChI is InChI=1S/C26H52O3/c1-5-6-7-8-9-10-11-12-13-14-15-16-17-18-19-20-21-22-23-28-26(27)29-25(4)24(2)3/h24-25H,5-23H2,1-4H3. The minimum atomic E-state index is -0.516. The number of carbonyl (C=O) groups is 1. The molecule has 0 aliphatic rings. The molecule has 0 heterocycles. The molecule has 0 radical (unpaired) electrons. The van der Waals surface area contributed by atoms with Gasteiger partial charge in [0, 0.05) is 0 Å². The van der Waals surface area contributed by atoms with Crippen LogP contribution in [0, 0.1) is 5.92 Å². The van der Waals surface area contributed by atoms with Gasteiger partial charge in [0.25, 0.3) is 0 Å². The third-order valence-electron chi connectivity index (χ3n) is 5.94. The molecule has 0 aromatic carbocycles. The summed E-state index contributed by atoms with van der Waals surface area (Å²) in [5, 5.41) is 0. The molecule has 1 atom stereocenters. The van der Waals surface area contributed by atoms with Crippen molar-refractivity contribution in [3.63, 3.8) is 0 Å². The van der Waals surface area contributed by atoms with Crippen LogP contribution in [0.15, 0.2) is 0 Å². The maximum atomic E-state index is 11.5. The van der Waals surface area contributed by atoms with Gasteiger partial charge in [-0.25, -0.2) is 4.79 Å². The van der Waals surface area contributed by atoms with Gasteiger partial charge in [0.1, 0.15) is 6.10 Å². The van der Waals surface area contributed by atoms with Gasteiger partial charge >= 0.3 is 6.16 Å². The highest BCUT2D eigenvalue weighted by molar-refractivity contribution is 5.60. The van der Waals surface area contributed by atoms with Gasteiger partial charge in [0.2, 0.25) is 0 Å². The third kappa shape index (κ3) is 21.8. The van der Waals surface area contributed by atoms with Gasteiger partial charge in [-0.2, -0.15) is 0 Å². The Hall–Kier alpha value is -0.730. The van der Waals surface area contributed by atoms with Gasteiger partial charge in [-0.1, -0.05) is 130 Å². The topological polar surface area (TPSA) is 35.5 Å². The van der Waals surface area contributed by atoms with Crippen LogP contribution >= 0.6 is 0 Å². The Bertz CT molecular complexity index is 341. The highest BCUT2D eigenvalue weighted by Crippen LogP contribution is 2.14. The molecular formula is C26H52O3. The summed E-state index contributed by atoms with van der Waals surface area (Å²) in [5.74, 6) is 0.327. The molecule has 1 unspecified atom stereocenters. The minimum Gasteiger partial charge on any atom is -0.434 e. The predicted octanol–water partition coefficient (Wildman–Crippen LogP) is 9.23. The summed E-state index contributed by atoms with van der Waals surface area (Å²) >= 11 is 0. The number of unbranched alkanes of at least 4 members (excludes halogenated alkanes) is 17. The van der Waals surface area contributed by atoms with Gasteiger partial charge in [0.05, 0.1) is 6.61 Å². The lowest BCUT2D eigenvalue weighted by molar-refractivity contribution is 0.0140. The fourth-order valence-corrected chi connectivity index (χ4v) is 3.48.